The van der Waals surface area contributed by atoms with Gasteiger partial charge in [-0.1, -0.05) is 23.7 Å². The van der Waals surface area contributed by atoms with Gasteiger partial charge in [0.05, 0.1) is 19.3 Å². The zero-order chi connectivity index (χ0) is 22.7. The Hall–Kier alpha value is -2.74. The van der Waals surface area contributed by atoms with Gasteiger partial charge in [0.2, 0.25) is 0 Å². The van der Waals surface area contributed by atoms with E-state index >= 15 is 0 Å². The van der Waals surface area contributed by atoms with Crippen LogP contribution in [0.15, 0.2) is 53.3 Å². The minimum atomic E-state index is -0.470. The van der Waals surface area contributed by atoms with Gasteiger partial charge >= 0.3 is 0 Å². The molecule has 1 aromatic heterocycles. The molecule has 0 atom stereocenters. The summed E-state index contributed by atoms with van der Waals surface area (Å²) in [6, 6.07) is 13.8. The Morgan fingerprint density at radius 3 is 2.41 bits per heavy atom. The molecule has 1 saturated heterocycles. The fraction of sp³-hybridized carbons (Fsp3) is 0.333. The highest BCUT2D eigenvalue weighted by atomic mass is 35.5. The lowest BCUT2D eigenvalue weighted by Crippen LogP contribution is -2.45. The molecule has 0 aliphatic carbocycles. The molecular formula is C24H26ClFN4O2. The van der Waals surface area contributed by atoms with Gasteiger partial charge in [-0.05, 0) is 49.0 Å². The van der Waals surface area contributed by atoms with Gasteiger partial charge in [-0.15, -0.1) is 0 Å². The third-order valence-electron chi connectivity index (χ3n) is 5.73. The summed E-state index contributed by atoms with van der Waals surface area (Å²) in [5.74, 6) is -0.302. The molecular weight excluding hydrogens is 431 g/mol. The average molecular weight is 457 g/mol. The van der Waals surface area contributed by atoms with E-state index in [9.17, 15) is 9.18 Å². The molecule has 8 heteroatoms. The number of hydrogen-bond acceptors (Lipinski definition) is 5. The van der Waals surface area contributed by atoms with Gasteiger partial charge in [0.25, 0.3) is 5.56 Å². The van der Waals surface area contributed by atoms with Crippen molar-refractivity contribution >= 4 is 11.6 Å². The molecule has 4 rings (SSSR count). The van der Waals surface area contributed by atoms with E-state index in [1.165, 1.54) is 17.9 Å². The van der Waals surface area contributed by atoms with Gasteiger partial charge < -0.3 is 9.64 Å². The van der Waals surface area contributed by atoms with E-state index in [1.807, 2.05) is 12.1 Å². The van der Waals surface area contributed by atoms with Gasteiger partial charge in [0, 0.05) is 48.9 Å². The number of nitrogens with zero attached hydrogens (tertiary/aromatic N) is 4. The van der Waals surface area contributed by atoms with Crippen LogP contribution in [0, 0.1) is 5.82 Å². The number of hydrogen-bond donors (Lipinski definition) is 0. The van der Waals surface area contributed by atoms with Crippen LogP contribution >= 0.6 is 11.6 Å². The Bertz CT molecular complexity index is 1140. The standard InChI is InChI=1S/C24H26ClFN4O2/c1-28-9-11-29(12-10-28)16-19-14-22(18-5-8-23(32-2)21(26)13-18)27-30(24(19)31)15-17-3-6-20(25)7-4-17/h3-8,13-14H,9-12,15-16H2,1-2H3. The molecule has 6 nitrogen and oxygen atoms in total. The fourth-order valence-corrected chi connectivity index (χ4v) is 3.92. The van der Waals surface area contributed by atoms with Crippen molar-refractivity contribution in [1.82, 2.24) is 19.6 Å². The number of benzene rings is 2. The van der Waals surface area contributed by atoms with Crippen molar-refractivity contribution in [3.8, 4) is 17.0 Å². The summed E-state index contributed by atoms with van der Waals surface area (Å²) in [5, 5.41) is 5.19. The highest BCUT2D eigenvalue weighted by Gasteiger charge is 2.18. The largest absolute Gasteiger partial charge is 0.494 e. The molecule has 2 heterocycles. The zero-order valence-electron chi connectivity index (χ0n) is 18.2. The maximum Gasteiger partial charge on any atom is 0.271 e. The second kappa shape index (κ2) is 9.81. The molecule has 1 aliphatic rings. The Morgan fingerprint density at radius 2 is 1.75 bits per heavy atom. The predicted molar refractivity (Wildman–Crippen MR) is 124 cm³/mol. The Balaban J connectivity index is 1.72. The smallest absolute Gasteiger partial charge is 0.271 e. The number of likely N-dealkylation sites (N-methyl/N-ethyl adjacent to an activating group) is 1. The Morgan fingerprint density at radius 1 is 1.03 bits per heavy atom. The van der Waals surface area contributed by atoms with Crippen LogP contribution in [0.25, 0.3) is 11.3 Å². The maximum absolute atomic E-state index is 14.4. The lowest BCUT2D eigenvalue weighted by atomic mass is 10.1. The third-order valence-corrected chi connectivity index (χ3v) is 5.98. The van der Waals surface area contributed by atoms with Crippen LogP contribution in [-0.2, 0) is 13.1 Å². The van der Waals surface area contributed by atoms with E-state index in [2.05, 4.69) is 21.9 Å². The molecule has 2 aromatic carbocycles. The summed E-state index contributed by atoms with van der Waals surface area (Å²) in [4.78, 5) is 17.8. The van der Waals surface area contributed by atoms with E-state index in [0.717, 1.165) is 31.7 Å². The number of ether oxygens (including phenoxy) is 1. The third kappa shape index (κ3) is 5.18. The van der Waals surface area contributed by atoms with E-state index in [4.69, 9.17) is 16.3 Å². The van der Waals surface area contributed by atoms with Crippen LogP contribution in [-0.4, -0.2) is 59.9 Å². The van der Waals surface area contributed by atoms with E-state index < -0.39 is 5.82 Å². The van der Waals surface area contributed by atoms with Crippen molar-refractivity contribution in [2.45, 2.75) is 13.1 Å². The molecule has 0 spiro atoms. The van der Waals surface area contributed by atoms with Gasteiger partial charge in [-0.25, -0.2) is 9.07 Å². The number of halogens is 2. The van der Waals surface area contributed by atoms with Crippen molar-refractivity contribution in [3.63, 3.8) is 0 Å². The number of piperazine rings is 1. The summed E-state index contributed by atoms with van der Waals surface area (Å²) < 4.78 is 20.8. The van der Waals surface area contributed by atoms with Crippen LogP contribution < -0.4 is 10.3 Å². The van der Waals surface area contributed by atoms with E-state index in [0.29, 0.717) is 34.9 Å². The fourth-order valence-electron chi connectivity index (χ4n) is 3.79. The average Bonchev–Trinajstić information content (AvgIpc) is 2.79. The molecule has 1 aliphatic heterocycles. The van der Waals surface area contributed by atoms with Gasteiger partial charge in [-0.3, -0.25) is 9.69 Å². The van der Waals surface area contributed by atoms with Crippen molar-refractivity contribution in [3.05, 3.63) is 80.9 Å². The van der Waals surface area contributed by atoms with Gasteiger partial charge in [0.15, 0.2) is 11.6 Å². The monoisotopic (exact) mass is 456 g/mol. The van der Waals surface area contributed by atoms with Crippen LogP contribution in [0.3, 0.4) is 0 Å². The highest BCUT2D eigenvalue weighted by molar-refractivity contribution is 6.30. The first-order valence-electron chi connectivity index (χ1n) is 10.5. The number of rotatable bonds is 6. The highest BCUT2D eigenvalue weighted by Crippen LogP contribution is 2.24. The minimum Gasteiger partial charge on any atom is -0.494 e. The molecule has 1 fully saturated rings. The molecule has 0 bridgehead atoms. The Kier molecular flexibility index (Phi) is 6.89. The van der Waals surface area contributed by atoms with Crippen LogP contribution in [0.1, 0.15) is 11.1 Å². The Labute approximate surface area is 191 Å². The molecule has 0 unspecified atom stereocenters. The van der Waals surface area contributed by atoms with Gasteiger partial charge in [-0.2, -0.15) is 5.10 Å². The molecule has 32 heavy (non-hydrogen) atoms. The van der Waals surface area contributed by atoms with Crippen molar-refractivity contribution in [2.75, 3.05) is 40.3 Å². The van der Waals surface area contributed by atoms with Crippen molar-refractivity contribution < 1.29 is 9.13 Å². The van der Waals surface area contributed by atoms with Crippen LogP contribution in [0.5, 0.6) is 5.75 Å². The molecule has 168 valence electrons. The second-order valence-corrected chi connectivity index (χ2v) is 8.51. The first kappa shape index (κ1) is 22.5. The summed E-state index contributed by atoms with van der Waals surface area (Å²) >= 11 is 6.00. The zero-order valence-corrected chi connectivity index (χ0v) is 19.0. The predicted octanol–water partition coefficient (Wildman–Crippen LogP) is 3.51. The quantitative estimate of drug-likeness (QED) is 0.568. The molecule has 0 amide bonds. The summed E-state index contributed by atoms with van der Waals surface area (Å²) in [6.45, 7) is 4.53. The minimum absolute atomic E-state index is 0.142. The summed E-state index contributed by atoms with van der Waals surface area (Å²) in [5.41, 5.74) is 2.55. The number of methoxy groups -OCH3 is 1. The summed E-state index contributed by atoms with van der Waals surface area (Å²) in [6.07, 6.45) is 0. The van der Waals surface area contributed by atoms with E-state index in [-0.39, 0.29) is 11.3 Å². The molecule has 0 saturated carbocycles. The molecule has 0 N–H and O–H groups in total. The topological polar surface area (TPSA) is 50.6 Å². The molecule has 0 radical (unpaired) electrons. The van der Waals surface area contributed by atoms with Crippen LogP contribution in [0.4, 0.5) is 4.39 Å². The lowest BCUT2D eigenvalue weighted by Gasteiger charge is -2.32. The first-order chi connectivity index (χ1) is 15.4. The normalized spacial score (nSPS) is 15.1. The van der Waals surface area contributed by atoms with Crippen molar-refractivity contribution in [1.29, 1.82) is 0 Å². The van der Waals surface area contributed by atoms with Crippen molar-refractivity contribution in [2.24, 2.45) is 0 Å². The summed E-state index contributed by atoms with van der Waals surface area (Å²) in [7, 11) is 3.52. The number of aromatic nitrogens is 2. The lowest BCUT2D eigenvalue weighted by molar-refractivity contribution is 0.147. The van der Waals surface area contributed by atoms with E-state index in [1.54, 1.807) is 30.3 Å². The van der Waals surface area contributed by atoms with Gasteiger partial charge in [0.1, 0.15) is 0 Å². The second-order valence-electron chi connectivity index (χ2n) is 8.07. The maximum atomic E-state index is 14.4. The first-order valence-corrected chi connectivity index (χ1v) is 10.9. The SMILES string of the molecule is COc1ccc(-c2cc(CN3CCN(C)CC3)c(=O)n(Cc3ccc(Cl)cc3)n2)cc1F. The molecule has 3 aromatic rings. The van der Waals surface area contributed by atoms with Crippen LogP contribution in [0.2, 0.25) is 5.02 Å².